The molecule has 5 heteroatoms. The normalized spacial score (nSPS) is 15.7. The van der Waals surface area contributed by atoms with E-state index in [9.17, 15) is 0 Å². The molecule has 13 heavy (non-hydrogen) atoms. The maximum atomic E-state index is 5.58. The van der Waals surface area contributed by atoms with Crippen molar-refractivity contribution in [1.82, 2.24) is 0 Å². The van der Waals surface area contributed by atoms with E-state index in [4.69, 9.17) is 20.5 Å². The second kappa shape index (κ2) is 8.23. The second-order valence-corrected chi connectivity index (χ2v) is 7.60. The van der Waals surface area contributed by atoms with Crippen LogP contribution in [0.4, 0.5) is 0 Å². The van der Waals surface area contributed by atoms with Crippen molar-refractivity contribution in [2.24, 2.45) is 0 Å². The van der Waals surface area contributed by atoms with Crippen LogP contribution in [0.2, 0.25) is 12.1 Å². The number of unbranched alkanes of at least 4 members (excludes halogenated alkanes) is 1. The molecule has 0 saturated heterocycles. The summed E-state index contributed by atoms with van der Waals surface area (Å²) in [5.41, 5.74) is 0. The van der Waals surface area contributed by atoms with Crippen LogP contribution in [0.5, 0.6) is 0 Å². The summed E-state index contributed by atoms with van der Waals surface area (Å²) in [5.74, 6) is 0. The highest BCUT2D eigenvalue weighted by Crippen LogP contribution is 2.21. The number of alkyl halides is 2. The quantitative estimate of drug-likeness (QED) is 0.387. The van der Waals surface area contributed by atoms with E-state index in [1.165, 1.54) is 6.42 Å². The summed E-state index contributed by atoms with van der Waals surface area (Å²) in [6.45, 7) is 2.11. The minimum Gasteiger partial charge on any atom is -0.398 e. The fourth-order valence-electron chi connectivity index (χ4n) is 1.24. The third-order valence-electron chi connectivity index (χ3n) is 2.17. The van der Waals surface area contributed by atoms with Crippen LogP contribution in [-0.2, 0) is 8.85 Å². The Kier molecular flexibility index (Phi) is 8.81. The molecular weight excluding hydrogens is 272 g/mol. The van der Waals surface area contributed by atoms with E-state index < -0.39 is 8.56 Å². The van der Waals surface area contributed by atoms with Crippen LogP contribution in [0.25, 0.3) is 0 Å². The molecule has 80 valence electrons. The molecule has 0 heterocycles. The molecule has 0 saturated carbocycles. The van der Waals surface area contributed by atoms with Crippen molar-refractivity contribution in [3.05, 3.63) is 0 Å². The summed E-state index contributed by atoms with van der Waals surface area (Å²) in [4.78, 5) is 0. The molecule has 0 N–H and O–H groups in total. The molecular formula is C8H18BrClO2Si. The maximum absolute atomic E-state index is 5.58. The molecule has 0 aliphatic rings. The highest BCUT2D eigenvalue weighted by Gasteiger charge is 2.33. The third kappa shape index (κ3) is 5.37. The zero-order valence-corrected chi connectivity index (χ0v) is 11.7. The van der Waals surface area contributed by atoms with Crippen LogP contribution in [0, 0.1) is 0 Å². The Morgan fingerprint density at radius 1 is 1.38 bits per heavy atom. The van der Waals surface area contributed by atoms with Gasteiger partial charge in [-0.2, -0.15) is 0 Å². The van der Waals surface area contributed by atoms with Crippen LogP contribution >= 0.6 is 27.5 Å². The minimum atomic E-state index is -1.93. The smallest absolute Gasteiger partial charge is 0.338 e. The average Bonchev–Trinajstić information content (AvgIpc) is 2.17. The van der Waals surface area contributed by atoms with Gasteiger partial charge in [0, 0.05) is 12.4 Å². The molecule has 2 nitrogen and oxygen atoms in total. The van der Waals surface area contributed by atoms with E-state index in [0.717, 1.165) is 23.8 Å². The summed E-state index contributed by atoms with van der Waals surface area (Å²) in [7, 11) is -0.201. The predicted octanol–water partition coefficient (Wildman–Crippen LogP) is 3.48. The molecule has 0 aromatic rings. The Labute approximate surface area is 95.3 Å². The largest absolute Gasteiger partial charge is 0.398 e. The van der Waals surface area contributed by atoms with Gasteiger partial charge in [0.2, 0.25) is 0 Å². The number of hydrogen-bond acceptors (Lipinski definition) is 2. The van der Waals surface area contributed by atoms with Gasteiger partial charge in [0.15, 0.2) is 0 Å². The Bertz CT molecular complexity index is 123. The maximum Gasteiger partial charge on any atom is 0.338 e. The Morgan fingerprint density at radius 3 is 2.46 bits per heavy atom. The molecule has 0 radical (unpaired) electrons. The number of hydrogen-bond donors (Lipinski definition) is 0. The molecule has 0 aliphatic carbocycles. The summed E-state index contributed by atoms with van der Waals surface area (Å²) >= 11 is 8.99. The minimum absolute atomic E-state index is 0.252. The van der Waals surface area contributed by atoms with Crippen molar-refractivity contribution in [1.29, 1.82) is 0 Å². The standard InChI is InChI=1S/C8H18BrClO2Si/c1-3-13(11-2,12-8-10)7-5-4-6-9/h3-8H2,1-2H3. The van der Waals surface area contributed by atoms with E-state index in [-0.39, 0.29) is 6.07 Å². The van der Waals surface area contributed by atoms with Gasteiger partial charge in [0.1, 0.15) is 6.07 Å². The van der Waals surface area contributed by atoms with Gasteiger partial charge in [-0.1, -0.05) is 40.9 Å². The van der Waals surface area contributed by atoms with E-state index in [2.05, 4.69) is 22.9 Å². The third-order valence-corrected chi connectivity index (χ3v) is 6.63. The molecule has 0 rings (SSSR count). The average molecular weight is 290 g/mol. The topological polar surface area (TPSA) is 18.5 Å². The zero-order valence-electron chi connectivity index (χ0n) is 8.32. The number of rotatable bonds is 8. The fraction of sp³-hybridized carbons (Fsp3) is 1.00. The first-order valence-corrected chi connectivity index (χ1v) is 8.44. The summed E-state index contributed by atoms with van der Waals surface area (Å²) < 4.78 is 11.0. The molecule has 0 aromatic carbocycles. The molecule has 0 aliphatic heterocycles. The van der Waals surface area contributed by atoms with Gasteiger partial charge in [-0.05, 0) is 18.5 Å². The molecule has 0 aromatic heterocycles. The van der Waals surface area contributed by atoms with Crippen molar-refractivity contribution in [3.63, 3.8) is 0 Å². The van der Waals surface area contributed by atoms with Crippen molar-refractivity contribution in [2.45, 2.75) is 31.9 Å². The van der Waals surface area contributed by atoms with Crippen molar-refractivity contribution >= 4 is 36.1 Å². The highest BCUT2D eigenvalue weighted by atomic mass is 79.9. The number of halogens is 2. The van der Waals surface area contributed by atoms with Gasteiger partial charge in [-0.15, -0.1) is 0 Å². The second-order valence-electron chi connectivity index (χ2n) is 2.87. The first-order chi connectivity index (χ1) is 6.24. The molecule has 0 spiro atoms. The first kappa shape index (κ1) is 13.9. The van der Waals surface area contributed by atoms with Crippen molar-refractivity contribution in [3.8, 4) is 0 Å². The Balaban J connectivity index is 3.89. The van der Waals surface area contributed by atoms with Crippen molar-refractivity contribution < 1.29 is 8.85 Å². The van der Waals surface area contributed by atoms with Gasteiger partial charge in [-0.3, -0.25) is 0 Å². The molecule has 1 unspecified atom stereocenters. The van der Waals surface area contributed by atoms with Crippen molar-refractivity contribution in [2.75, 3.05) is 18.5 Å². The lowest BCUT2D eigenvalue weighted by Gasteiger charge is -2.26. The molecule has 0 bridgehead atoms. The van der Waals surface area contributed by atoms with Gasteiger partial charge < -0.3 is 8.85 Å². The Hall–Kier alpha value is 0.907. The highest BCUT2D eigenvalue weighted by molar-refractivity contribution is 9.09. The lowest BCUT2D eigenvalue weighted by Crippen LogP contribution is -2.39. The Morgan fingerprint density at radius 2 is 2.08 bits per heavy atom. The van der Waals surface area contributed by atoms with Crippen LogP contribution < -0.4 is 0 Å². The van der Waals surface area contributed by atoms with E-state index in [1.54, 1.807) is 7.11 Å². The SMILES string of the molecule is CC[Si](CCCCBr)(OC)OCCl. The molecule has 0 fully saturated rings. The lowest BCUT2D eigenvalue weighted by molar-refractivity contribution is 0.230. The van der Waals surface area contributed by atoms with Gasteiger partial charge in [0.05, 0.1) is 0 Å². The van der Waals surface area contributed by atoms with E-state index in [0.29, 0.717) is 0 Å². The van der Waals surface area contributed by atoms with E-state index in [1.807, 2.05) is 0 Å². The van der Waals surface area contributed by atoms with Crippen LogP contribution in [0.1, 0.15) is 19.8 Å². The van der Waals surface area contributed by atoms with Gasteiger partial charge >= 0.3 is 8.56 Å². The van der Waals surface area contributed by atoms with Gasteiger partial charge in [0.25, 0.3) is 0 Å². The monoisotopic (exact) mass is 288 g/mol. The first-order valence-electron chi connectivity index (χ1n) is 4.55. The van der Waals surface area contributed by atoms with Crippen LogP contribution in [0.15, 0.2) is 0 Å². The lowest BCUT2D eigenvalue weighted by atomic mass is 10.4. The van der Waals surface area contributed by atoms with E-state index >= 15 is 0 Å². The summed E-state index contributed by atoms with van der Waals surface area (Å²) in [6, 6.07) is 2.26. The summed E-state index contributed by atoms with van der Waals surface area (Å²) in [6.07, 6.45) is 2.32. The zero-order chi connectivity index (χ0) is 10.2. The van der Waals surface area contributed by atoms with Gasteiger partial charge in [-0.25, -0.2) is 0 Å². The van der Waals surface area contributed by atoms with Crippen LogP contribution in [-0.4, -0.2) is 27.1 Å². The van der Waals surface area contributed by atoms with Crippen LogP contribution in [0.3, 0.4) is 0 Å². The molecule has 0 amide bonds. The predicted molar refractivity (Wildman–Crippen MR) is 62.9 cm³/mol. The summed E-state index contributed by atoms with van der Waals surface area (Å²) in [5, 5.41) is 1.05. The fourth-order valence-corrected chi connectivity index (χ4v) is 4.54. The molecule has 1 atom stereocenters.